The zero-order valence-electron chi connectivity index (χ0n) is 14.9. The number of anilines is 2. The maximum absolute atomic E-state index is 12.3. The fourth-order valence-corrected chi connectivity index (χ4v) is 4.22. The van der Waals surface area contributed by atoms with E-state index in [0.717, 1.165) is 22.5 Å². The normalized spacial score (nSPS) is 15.6. The fraction of sp³-hybridized carbons (Fsp3) is 0.190. The van der Waals surface area contributed by atoms with Crippen LogP contribution in [0.25, 0.3) is 11.3 Å². The van der Waals surface area contributed by atoms with Gasteiger partial charge in [-0.2, -0.15) is 0 Å². The smallest absolute Gasteiger partial charge is 0.227 e. The number of hydrogen-bond donors (Lipinski definition) is 2. The summed E-state index contributed by atoms with van der Waals surface area (Å²) in [6.07, 6.45) is 1.42. The minimum atomic E-state index is -0.198. The van der Waals surface area contributed by atoms with Crippen LogP contribution in [0.5, 0.6) is 0 Å². The second-order valence-corrected chi connectivity index (χ2v) is 7.92. The highest BCUT2D eigenvalue weighted by molar-refractivity contribution is 7.14. The van der Waals surface area contributed by atoms with E-state index >= 15 is 0 Å². The Labute approximate surface area is 171 Å². The summed E-state index contributed by atoms with van der Waals surface area (Å²) >= 11 is 7.55. The maximum atomic E-state index is 12.3. The number of fused-ring (bicyclic) bond motifs is 1. The molecule has 2 amide bonds. The van der Waals surface area contributed by atoms with Crippen LogP contribution in [0.15, 0.2) is 53.9 Å². The molecule has 7 heteroatoms. The molecular formula is C21H18ClN3O2S. The van der Waals surface area contributed by atoms with Gasteiger partial charge in [0.25, 0.3) is 0 Å². The maximum Gasteiger partial charge on any atom is 0.227 e. The molecule has 1 aliphatic rings. The lowest BCUT2D eigenvalue weighted by molar-refractivity contribution is -0.121. The molecule has 1 atom stereocenters. The second-order valence-electron chi connectivity index (χ2n) is 6.65. The molecule has 28 heavy (non-hydrogen) atoms. The monoisotopic (exact) mass is 411 g/mol. The summed E-state index contributed by atoms with van der Waals surface area (Å²) < 4.78 is 0. The minimum absolute atomic E-state index is 0.0262. The number of amides is 2. The van der Waals surface area contributed by atoms with Gasteiger partial charge in [0, 0.05) is 34.0 Å². The Morgan fingerprint density at radius 3 is 2.86 bits per heavy atom. The zero-order chi connectivity index (χ0) is 19.5. The molecule has 3 aromatic rings. The van der Waals surface area contributed by atoms with Crippen LogP contribution in [0.1, 0.15) is 18.4 Å². The molecule has 0 bridgehead atoms. The van der Waals surface area contributed by atoms with Crippen molar-refractivity contribution in [1.82, 2.24) is 4.98 Å². The van der Waals surface area contributed by atoms with Crippen molar-refractivity contribution in [1.29, 1.82) is 0 Å². The van der Waals surface area contributed by atoms with Crippen molar-refractivity contribution in [3.05, 3.63) is 64.5 Å². The van der Waals surface area contributed by atoms with E-state index in [1.165, 1.54) is 11.3 Å². The van der Waals surface area contributed by atoms with Crippen LogP contribution in [-0.4, -0.2) is 16.8 Å². The Morgan fingerprint density at radius 1 is 1.21 bits per heavy atom. The van der Waals surface area contributed by atoms with Gasteiger partial charge < -0.3 is 10.6 Å². The molecule has 5 nitrogen and oxygen atoms in total. The van der Waals surface area contributed by atoms with Gasteiger partial charge in [-0.15, -0.1) is 11.3 Å². The molecule has 4 rings (SSSR count). The summed E-state index contributed by atoms with van der Waals surface area (Å²) in [7, 11) is 0. The quantitative estimate of drug-likeness (QED) is 0.621. The standard InChI is InChI=1S/C21H18ClN3O2S/c22-16-7-3-2-6-15(16)18-12-28-21(24-18)25-19(26)10-9-14-11-13-5-1-4-8-17(13)23-20(14)27/h1-8,12,14H,9-11H2,(H,23,27)(H,24,25,26). The van der Waals surface area contributed by atoms with Gasteiger partial charge in [-0.3, -0.25) is 9.59 Å². The van der Waals surface area contributed by atoms with Gasteiger partial charge in [0.2, 0.25) is 11.8 Å². The van der Waals surface area contributed by atoms with E-state index in [2.05, 4.69) is 15.6 Å². The molecule has 0 saturated carbocycles. The lowest BCUT2D eigenvalue weighted by Gasteiger charge is -2.24. The van der Waals surface area contributed by atoms with Crippen molar-refractivity contribution in [3.8, 4) is 11.3 Å². The highest BCUT2D eigenvalue weighted by atomic mass is 35.5. The van der Waals surface area contributed by atoms with Gasteiger partial charge in [-0.05, 0) is 30.5 Å². The zero-order valence-corrected chi connectivity index (χ0v) is 16.5. The van der Waals surface area contributed by atoms with Crippen molar-refractivity contribution in [2.45, 2.75) is 19.3 Å². The SMILES string of the molecule is O=C(CCC1Cc2ccccc2NC1=O)Nc1nc(-c2ccccc2Cl)cs1. The molecule has 2 heterocycles. The van der Waals surface area contributed by atoms with Gasteiger partial charge in [0.15, 0.2) is 5.13 Å². The number of para-hydroxylation sites is 1. The van der Waals surface area contributed by atoms with Crippen LogP contribution < -0.4 is 10.6 Å². The van der Waals surface area contributed by atoms with Gasteiger partial charge in [0.1, 0.15) is 0 Å². The first kappa shape index (κ1) is 18.7. The van der Waals surface area contributed by atoms with Crippen LogP contribution in [0.2, 0.25) is 5.02 Å². The third-order valence-electron chi connectivity index (χ3n) is 4.73. The molecule has 2 aromatic carbocycles. The van der Waals surface area contributed by atoms with Crippen LogP contribution in [0, 0.1) is 5.92 Å². The molecule has 1 aliphatic heterocycles. The highest BCUT2D eigenvalue weighted by Crippen LogP contribution is 2.31. The second kappa shape index (κ2) is 8.12. The topological polar surface area (TPSA) is 71.1 Å². The summed E-state index contributed by atoms with van der Waals surface area (Å²) in [5, 5.41) is 8.74. The Hall–Kier alpha value is -2.70. The van der Waals surface area contributed by atoms with Crippen molar-refractivity contribution in [3.63, 3.8) is 0 Å². The third kappa shape index (κ3) is 4.08. The molecule has 0 radical (unpaired) electrons. The molecule has 0 aliphatic carbocycles. The number of carbonyl (C=O) groups excluding carboxylic acids is 2. The third-order valence-corrected chi connectivity index (χ3v) is 5.82. The predicted octanol–water partition coefficient (Wildman–Crippen LogP) is 4.99. The van der Waals surface area contributed by atoms with Crippen molar-refractivity contribution in [2.75, 3.05) is 10.6 Å². The van der Waals surface area contributed by atoms with E-state index in [0.29, 0.717) is 23.0 Å². The average molecular weight is 412 g/mol. The van der Waals surface area contributed by atoms with Crippen LogP contribution in [0.3, 0.4) is 0 Å². The predicted molar refractivity (Wildman–Crippen MR) is 113 cm³/mol. The van der Waals surface area contributed by atoms with Crippen molar-refractivity contribution in [2.24, 2.45) is 5.92 Å². The number of hydrogen-bond acceptors (Lipinski definition) is 4. The lowest BCUT2D eigenvalue weighted by Crippen LogP contribution is -2.30. The fourth-order valence-electron chi connectivity index (χ4n) is 3.26. The van der Waals surface area contributed by atoms with Gasteiger partial charge in [-0.1, -0.05) is 48.0 Å². The number of nitrogens with zero attached hydrogens (tertiary/aromatic N) is 1. The summed E-state index contributed by atoms with van der Waals surface area (Å²) in [6, 6.07) is 15.2. The van der Waals surface area contributed by atoms with E-state index in [4.69, 9.17) is 11.6 Å². The first-order valence-electron chi connectivity index (χ1n) is 8.99. The minimum Gasteiger partial charge on any atom is -0.326 e. The average Bonchev–Trinajstić information content (AvgIpc) is 3.14. The van der Waals surface area contributed by atoms with Crippen LogP contribution >= 0.6 is 22.9 Å². The molecule has 0 fully saturated rings. The van der Waals surface area contributed by atoms with Gasteiger partial charge in [-0.25, -0.2) is 4.98 Å². The largest absolute Gasteiger partial charge is 0.326 e. The summed E-state index contributed by atoms with van der Waals surface area (Å²) in [4.78, 5) is 29.0. The number of thiazole rings is 1. The van der Waals surface area contributed by atoms with E-state index in [1.807, 2.05) is 53.9 Å². The van der Waals surface area contributed by atoms with E-state index < -0.39 is 0 Å². The Balaban J connectivity index is 1.34. The number of benzene rings is 2. The first-order chi connectivity index (χ1) is 13.6. The molecule has 142 valence electrons. The van der Waals surface area contributed by atoms with Crippen molar-refractivity contribution >= 4 is 45.6 Å². The molecule has 1 aromatic heterocycles. The van der Waals surface area contributed by atoms with Gasteiger partial charge in [0.05, 0.1) is 5.69 Å². The van der Waals surface area contributed by atoms with Crippen LogP contribution in [-0.2, 0) is 16.0 Å². The van der Waals surface area contributed by atoms with Gasteiger partial charge >= 0.3 is 0 Å². The van der Waals surface area contributed by atoms with E-state index in [1.54, 1.807) is 0 Å². The molecule has 2 N–H and O–H groups in total. The number of halogens is 1. The summed E-state index contributed by atoms with van der Waals surface area (Å²) in [6.45, 7) is 0. The number of rotatable bonds is 5. The lowest BCUT2D eigenvalue weighted by atomic mass is 9.89. The molecular weight excluding hydrogens is 394 g/mol. The number of aromatic nitrogens is 1. The van der Waals surface area contributed by atoms with Crippen LogP contribution in [0.4, 0.5) is 10.8 Å². The van der Waals surface area contributed by atoms with E-state index in [-0.39, 0.29) is 24.2 Å². The Kier molecular flexibility index (Phi) is 5.41. The molecule has 1 unspecified atom stereocenters. The number of carbonyl (C=O) groups is 2. The van der Waals surface area contributed by atoms with Crippen molar-refractivity contribution < 1.29 is 9.59 Å². The molecule has 0 saturated heterocycles. The van der Waals surface area contributed by atoms with E-state index in [9.17, 15) is 9.59 Å². The summed E-state index contributed by atoms with van der Waals surface area (Å²) in [5.74, 6) is -0.371. The Morgan fingerprint density at radius 2 is 2.00 bits per heavy atom. The summed E-state index contributed by atoms with van der Waals surface area (Å²) in [5.41, 5.74) is 3.53. The highest BCUT2D eigenvalue weighted by Gasteiger charge is 2.26. The molecule has 0 spiro atoms. The number of nitrogens with one attached hydrogen (secondary N) is 2. The first-order valence-corrected chi connectivity index (χ1v) is 10.2. The Bertz CT molecular complexity index is 1030.